The second-order valence-electron chi connectivity index (χ2n) is 3.56. The molecule has 0 saturated heterocycles. The summed E-state index contributed by atoms with van der Waals surface area (Å²) >= 11 is 3.30. The third-order valence-corrected chi connectivity index (χ3v) is 2.77. The van der Waals surface area contributed by atoms with Crippen LogP contribution in [0, 0.1) is 10.1 Å². The number of benzene rings is 1. The minimum Gasteiger partial charge on any atom is -0.466 e. The van der Waals surface area contributed by atoms with Crippen LogP contribution in [-0.4, -0.2) is 22.8 Å². The van der Waals surface area contributed by atoms with Gasteiger partial charge < -0.3 is 4.74 Å². The molecule has 0 heterocycles. The maximum atomic E-state index is 11.5. The third-order valence-electron chi connectivity index (χ3n) is 2.28. The Labute approximate surface area is 113 Å². The Hall–Kier alpha value is -1.69. The highest BCUT2D eigenvalue weighted by Gasteiger charge is 2.15. The number of halogens is 1. The van der Waals surface area contributed by atoms with Crippen LogP contribution in [0.25, 0.3) is 6.08 Å². The van der Waals surface area contributed by atoms with E-state index in [-0.39, 0.29) is 10.5 Å². The largest absolute Gasteiger partial charge is 0.466 e. The van der Waals surface area contributed by atoms with Crippen molar-refractivity contribution in [3.8, 4) is 0 Å². The Morgan fingerprint density at radius 3 is 2.39 bits per heavy atom. The number of nitrogens with zero attached hydrogens (tertiary/aromatic N) is 1. The number of non-ortho nitro benzene ring substituents is 1. The zero-order valence-electron chi connectivity index (χ0n) is 9.92. The first-order valence-corrected chi connectivity index (χ1v) is 6.05. The van der Waals surface area contributed by atoms with E-state index in [1.54, 1.807) is 25.1 Å². The van der Waals surface area contributed by atoms with Crippen molar-refractivity contribution in [3.63, 3.8) is 0 Å². The zero-order valence-corrected chi connectivity index (χ0v) is 11.5. The van der Waals surface area contributed by atoms with E-state index in [2.05, 4.69) is 20.7 Å². The fraction of sp³-hybridized carbons (Fsp3) is 0.250. The van der Waals surface area contributed by atoms with Crippen LogP contribution in [0.1, 0.15) is 12.5 Å². The summed E-state index contributed by atoms with van der Waals surface area (Å²) in [4.78, 5) is 21.4. The average molecular weight is 314 g/mol. The molecule has 0 fully saturated rings. The predicted molar refractivity (Wildman–Crippen MR) is 71.5 cm³/mol. The third kappa shape index (κ3) is 3.66. The highest BCUT2D eigenvalue weighted by molar-refractivity contribution is 9.09. The Bertz CT molecular complexity index is 479. The maximum Gasteiger partial charge on any atom is 0.334 e. The lowest BCUT2D eigenvalue weighted by Gasteiger charge is -2.07. The molecule has 0 aliphatic rings. The summed E-state index contributed by atoms with van der Waals surface area (Å²) in [6.07, 6.45) is 1.63. The molecule has 1 unspecified atom stereocenters. The van der Waals surface area contributed by atoms with Crippen molar-refractivity contribution < 1.29 is 14.5 Å². The van der Waals surface area contributed by atoms with Crippen molar-refractivity contribution in [2.45, 2.75) is 11.8 Å². The number of nitro groups is 1. The first-order valence-electron chi connectivity index (χ1n) is 5.14. The SMILES string of the molecule is COC(=O)C(=Cc1ccc([N+](=O)[O-])cc1)C(C)Br. The van der Waals surface area contributed by atoms with E-state index in [4.69, 9.17) is 0 Å². The van der Waals surface area contributed by atoms with E-state index < -0.39 is 10.9 Å². The molecule has 0 saturated carbocycles. The first kappa shape index (κ1) is 14.4. The molecule has 18 heavy (non-hydrogen) atoms. The Morgan fingerprint density at radius 2 is 2.00 bits per heavy atom. The van der Waals surface area contributed by atoms with Crippen LogP contribution in [0.4, 0.5) is 5.69 Å². The van der Waals surface area contributed by atoms with Gasteiger partial charge in [-0.2, -0.15) is 0 Å². The fourth-order valence-corrected chi connectivity index (χ4v) is 1.64. The Morgan fingerprint density at radius 1 is 1.44 bits per heavy atom. The van der Waals surface area contributed by atoms with Crippen LogP contribution in [0.3, 0.4) is 0 Å². The fourth-order valence-electron chi connectivity index (χ4n) is 1.33. The number of carbonyl (C=O) groups excluding carboxylic acids is 1. The van der Waals surface area contributed by atoms with Gasteiger partial charge in [-0.3, -0.25) is 10.1 Å². The van der Waals surface area contributed by atoms with Crippen molar-refractivity contribution in [2.24, 2.45) is 0 Å². The summed E-state index contributed by atoms with van der Waals surface area (Å²) in [5, 5.41) is 10.5. The summed E-state index contributed by atoms with van der Waals surface area (Å²) in [7, 11) is 1.31. The van der Waals surface area contributed by atoms with Crippen molar-refractivity contribution in [1.82, 2.24) is 0 Å². The first-order chi connectivity index (χ1) is 8.45. The van der Waals surface area contributed by atoms with Gasteiger partial charge in [0.15, 0.2) is 0 Å². The van der Waals surface area contributed by atoms with E-state index in [0.717, 1.165) is 0 Å². The molecule has 0 aromatic heterocycles. The second kappa shape index (κ2) is 6.30. The molecule has 5 nitrogen and oxygen atoms in total. The van der Waals surface area contributed by atoms with Crippen LogP contribution in [0.2, 0.25) is 0 Å². The summed E-state index contributed by atoms with van der Waals surface area (Å²) in [5.41, 5.74) is 1.16. The molecule has 1 aromatic rings. The van der Waals surface area contributed by atoms with Gasteiger partial charge in [-0.25, -0.2) is 4.79 Å². The number of carbonyl (C=O) groups is 1. The number of hydrogen-bond acceptors (Lipinski definition) is 4. The minimum absolute atomic E-state index is 0.0126. The molecule has 96 valence electrons. The summed E-state index contributed by atoms with van der Waals surface area (Å²) in [6, 6.07) is 5.94. The molecule has 1 atom stereocenters. The van der Waals surface area contributed by atoms with Crippen molar-refractivity contribution in [1.29, 1.82) is 0 Å². The smallest absolute Gasteiger partial charge is 0.334 e. The standard InChI is InChI=1S/C12H12BrNO4/c1-8(13)11(12(15)18-2)7-9-3-5-10(6-4-9)14(16)17/h3-8H,1-2H3. The number of hydrogen-bond donors (Lipinski definition) is 0. The molecule has 0 aliphatic carbocycles. The van der Waals surface area contributed by atoms with E-state index in [1.165, 1.54) is 19.2 Å². The van der Waals surface area contributed by atoms with E-state index in [0.29, 0.717) is 11.1 Å². The van der Waals surface area contributed by atoms with Crippen LogP contribution >= 0.6 is 15.9 Å². The van der Waals surface area contributed by atoms with Crippen LogP contribution in [0.15, 0.2) is 29.8 Å². The number of alkyl halides is 1. The quantitative estimate of drug-likeness (QED) is 0.282. The van der Waals surface area contributed by atoms with Gasteiger partial charge in [-0.15, -0.1) is 0 Å². The van der Waals surface area contributed by atoms with Crippen molar-refractivity contribution in [3.05, 3.63) is 45.5 Å². The van der Waals surface area contributed by atoms with Gasteiger partial charge in [0, 0.05) is 17.0 Å². The Balaban J connectivity index is 3.05. The van der Waals surface area contributed by atoms with E-state index >= 15 is 0 Å². The molecule has 0 aliphatic heterocycles. The van der Waals surface area contributed by atoms with Gasteiger partial charge >= 0.3 is 5.97 Å². The molecular formula is C12H12BrNO4. The topological polar surface area (TPSA) is 69.4 Å². The van der Waals surface area contributed by atoms with Crippen molar-refractivity contribution in [2.75, 3.05) is 7.11 Å². The molecule has 0 bridgehead atoms. The van der Waals surface area contributed by atoms with Gasteiger partial charge in [-0.1, -0.05) is 15.9 Å². The number of rotatable bonds is 4. The average Bonchev–Trinajstić information content (AvgIpc) is 2.35. The lowest BCUT2D eigenvalue weighted by molar-refractivity contribution is -0.384. The molecule has 1 rings (SSSR count). The maximum absolute atomic E-state index is 11.5. The molecule has 0 spiro atoms. The molecule has 0 N–H and O–H groups in total. The molecule has 0 amide bonds. The molecular weight excluding hydrogens is 302 g/mol. The zero-order chi connectivity index (χ0) is 13.7. The normalized spacial score (nSPS) is 12.9. The highest BCUT2D eigenvalue weighted by atomic mass is 79.9. The number of nitro benzene ring substituents is 1. The molecule has 1 aromatic carbocycles. The van der Waals surface area contributed by atoms with Crippen LogP contribution < -0.4 is 0 Å². The lowest BCUT2D eigenvalue weighted by Crippen LogP contribution is -2.11. The molecule has 0 radical (unpaired) electrons. The van der Waals surface area contributed by atoms with E-state index in [9.17, 15) is 14.9 Å². The van der Waals surface area contributed by atoms with Gasteiger partial charge in [0.25, 0.3) is 5.69 Å². The van der Waals surface area contributed by atoms with Gasteiger partial charge in [0.2, 0.25) is 0 Å². The van der Waals surface area contributed by atoms with Gasteiger partial charge in [0.05, 0.1) is 17.6 Å². The lowest BCUT2D eigenvalue weighted by atomic mass is 10.1. The second-order valence-corrected chi connectivity index (χ2v) is 4.93. The van der Waals surface area contributed by atoms with Gasteiger partial charge in [-0.05, 0) is 30.7 Å². The van der Waals surface area contributed by atoms with Crippen molar-refractivity contribution >= 4 is 33.7 Å². The minimum atomic E-state index is -0.470. The number of methoxy groups -OCH3 is 1. The predicted octanol–water partition coefficient (Wildman–Crippen LogP) is 2.93. The number of esters is 1. The number of ether oxygens (including phenoxy) is 1. The van der Waals surface area contributed by atoms with E-state index in [1.807, 2.05) is 0 Å². The van der Waals surface area contributed by atoms with Gasteiger partial charge in [0.1, 0.15) is 0 Å². The Kier molecular flexibility index (Phi) is 5.03. The van der Waals surface area contributed by atoms with Crippen LogP contribution in [-0.2, 0) is 9.53 Å². The van der Waals surface area contributed by atoms with Crippen LogP contribution in [0.5, 0.6) is 0 Å². The summed E-state index contributed by atoms with van der Waals surface area (Å²) in [5.74, 6) is -0.433. The molecule has 6 heteroatoms. The summed E-state index contributed by atoms with van der Waals surface area (Å²) < 4.78 is 4.66. The summed E-state index contributed by atoms with van der Waals surface area (Å²) in [6.45, 7) is 1.80. The monoisotopic (exact) mass is 313 g/mol. The highest BCUT2D eigenvalue weighted by Crippen LogP contribution is 2.19.